The summed E-state index contributed by atoms with van der Waals surface area (Å²) in [5.41, 5.74) is 1.21. The van der Waals surface area contributed by atoms with E-state index >= 15 is 0 Å². The third kappa shape index (κ3) is 5.60. The Hall–Kier alpha value is -3.72. The van der Waals surface area contributed by atoms with Crippen LogP contribution in [0.25, 0.3) is 10.1 Å². The number of carboxylic acids is 1. The second kappa shape index (κ2) is 12.0. The molecule has 2 amide bonds. The smallest absolute Gasteiger partial charge is 0.348 e. The number of amides is 2. The number of hydrogen-bond donors (Lipinski definition) is 2. The van der Waals surface area contributed by atoms with Gasteiger partial charge in [-0.05, 0) is 42.3 Å². The Bertz CT molecular complexity index is 1600. The van der Waals surface area contributed by atoms with E-state index in [9.17, 15) is 14.4 Å². The number of halogens is 1. The maximum Gasteiger partial charge on any atom is 0.348 e. The van der Waals surface area contributed by atoms with Crippen molar-refractivity contribution in [3.05, 3.63) is 99.9 Å². The van der Waals surface area contributed by atoms with Crippen molar-refractivity contribution >= 4 is 50.8 Å². The maximum absolute atomic E-state index is 14.8. The van der Waals surface area contributed by atoms with E-state index in [1.54, 1.807) is 13.2 Å². The number of fused-ring (bicyclic) bond motifs is 1. The first-order valence-electron chi connectivity index (χ1n) is 13.5. The van der Waals surface area contributed by atoms with Crippen molar-refractivity contribution < 1.29 is 28.7 Å². The molecule has 2 unspecified atom stereocenters. The Labute approximate surface area is 247 Å². The van der Waals surface area contributed by atoms with Gasteiger partial charge in [0, 0.05) is 45.4 Å². The van der Waals surface area contributed by atoms with Crippen LogP contribution in [0.5, 0.6) is 5.75 Å². The summed E-state index contributed by atoms with van der Waals surface area (Å²) in [6.07, 6.45) is 1.05. The molecule has 0 aliphatic carbocycles. The first-order valence-corrected chi connectivity index (χ1v) is 14.8. The average Bonchev–Trinajstić information content (AvgIpc) is 3.40. The lowest BCUT2D eigenvalue weighted by atomic mass is 9.73. The molecule has 0 spiro atoms. The molecule has 3 aromatic carbocycles. The largest absolute Gasteiger partial charge is 0.497 e. The van der Waals surface area contributed by atoms with Gasteiger partial charge in [0.25, 0.3) is 5.91 Å². The van der Waals surface area contributed by atoms with Crippen molar-refractivity contribution in [1.82, 2.24) is 5.32 Å². The molecule has 2 N–H and O–H groups in total. The molecule has 0 bridgehead atoms. The van der Waals surface area contributed by atoms with E-state index in [1.165, 1.54) is 11.3 Å². The molecule has 4 aromatic rings. The van der Waals surface area contributed by atoms with Gasteiger partial charge < -0.3 is 15.2 Å². The van der Waals surface area contributed by atoms with Crippen LogP contribution in [0.2, 0.25) is 5.02 Å². The summed E-state index contributed by atoms with van der Waals surface area (Å²) in [6, 6.07) is 22.8. The number of carbonyl (C=O) groups excluding carboxylic acids is 2. The lowest BCUT2D eigenvalue weighted by Crippen LogP contribution is -2.81. The predicted octanol–water partition coefficient (Wildman–Crippen LogP) is 6.09. The van der Waals surface area contributed by atoms with Gasteiger partial charge in [0.05, 0.1) is 25.6 Å². The van der Waals surface area contributed by atoms with E-state index in [2.05, 4.69) is 5.32 Å². The summed E-state index contributed by atoms with van der Waals surface area (Å²) in [4.78, 5) is 40.2. The lowest BCUT2D eigenvalue weighted by Gasteiger charge is -2.57. The van der Waals surface area contributed by atoms with Crippen molar-refractivity contribution in [1.29, 1.82) is 0 Å². The number of carbonyl (C=O) groups is 3. The van der Waals surface area contributed by atoms with Gasteiger partial charge in [-0.1, -0.05) is 54.1 Å². The fraction of sp³-hybridized carbons (Fsp3) is 0.281. The van der Waals surface area contributed by atoms with Crippen LogP contribution in [0, 0.1) is 0 Å². The number of nitrogens with zero attached hydrogens (tertiary/aromatic N) is 1. The average molecular weight is 592 g/mol. The van der Waals surface area contributed by atoms with Crippen LogP contribution >= 0.6 is 22.9 Å². The van der Waals surface area contributed by atoms with E-state index in [0.717, 1.165) is 21.2 Å². The van der Waals surface area contributed by atoms with E-state index < -0.39 is 11.5 Å². The highest BCUT2D eigenvalue weighted by Crippen LogP contribution is 2.47. The topological polar surface area (TPSA) is 92.7 Å². The van der Waals surface area contributed by atoms with E-state index in [4.69, 9.17) is 21.4 Å². The minimum absolute atomic E-state index is 0.0501. The monoisotopic (exact) mass is 591 g/mol. The zero-order chi connectivity index (χ0) is 29.0. The van der Waals surface area contributed by atoms with Crippen molar-refractivity contribution in [3.63, 3.8) is 0 Å². The molecule has 0 radical (unpaired) electrons. The van der Waals surface area contributed by atoms with Crippen molar-refractivity contribution in [2.45, 2.75) is 37.8 Å². The minimum Gasteiger partial charge on any atom is -0.497 e. The quantitative estimate of drug-likeness (QED) is 0.163. The Balaban J connectivity index is 1.63. The third-order valence-electron chi connectivity index (χ3n) is 8.07. The molecule has 2 heterocycles. The number of benzene rings is 3. The Morgan fingerprint density at radius 1 is 1.05 bits per heavy atom. The molecule has 2 atom stereocenters. The molecule has 5 rings (SSSR count). The highest BCUT2D eigenvalue weighted by molar-refractivity contribution is 7.17. The fourth-order valence-corrected chi connectivity index (χ4v) is 7.07. The Morgan fingerprint density at radius 3 is 2.56 bits per heavy atom. The fourth-order valence-electron chi connectivity index (χ4n) is 5.92. The molecule has 212 valence electrons. The van der Waals surface area contributed by atoms with Crippen LogP contribution < -0.4 is 10.1 Å². The molecule has 1 aliphatic heterocycles. The van der Waals surface area contributed by atoms with Crippen LogP contribution in [0.4, 0.5) is 0 Å². The van der Waals surface area contributed by atoms with Gasteiger partial charge >= 0.3 is 11.9 Å². The molecule has 9 heteroatoms. The number of aliphatic carboxylic acids is 1. The molecule has 1 aliphatic rings. The van der Waals surface area contributed by atoms with Gasteiger partial charge in [-0.25, -0.2) is 9.28 Å². The zero-order valence-corrected chi connectivity index (χ0v) is 24.3. The van der Waals surface area contributed by atoms with Crippen LogP contribution in [0.3, 0.4) is 0 Å². The number of likely N-dealkylation sites (tertiary alicyclic amines) is 1. The first kappa shape index (κ1) is 28.8. The highest BCUT2D eigenvalue weighted by atomic mass is 35.5. The van der Waals surface area contributed by atoms with E-state index in [-0.39, 0.29) is 35.8 Å². The second-order valence-corrected chi connectivity index (χ2v) is 11.8. The van der Waals surface area contributed by atoms with Gasteiger partial charge in [0.1, 0.15) is 12.3 Å². The van der Waals surface area contributed by atoms with E-state index in [1.807, 2.05) is 72.1 Å². The number of hydrogen-bond acceptors (Lipinski definition) is 5. The third-order valence-corrected chi connectivity index (χ3v) is 9.27. The molecule has 1 aromatic heterocycles. The highest BCUT2D eigenvalue weighted by Gasteiger charge is 2.68. The molecular formula is C32H32ClN2O5S+. The van der Waals surface area contributed by atoms with Crippen LogP contribution in [0.15, 0.2) is 78.2 Å². The van der Waals surface area contributed by atoms with Crippen molar-refractivity contribution in [2.24, 2.45) is 0 Å². The number of methoxy groups -OCH3 is 1. The number of nitrogens with one attached hydrogen (secondary N) is 1. The van der Waals surface area contributed by atoms with Gasteiger partial charge in [-0.2, -0.15) is 0 Å². The molecule has 7 nitrogen and oxygen atoms in total. The van der Waals surface area contributed by atoms with Gasteiger partial charge in [0.15, 0.2) is 5.54 Å². The Morgan fingerprint density at radius 2 is 1.83 bits per heavy atom. The SMILES string of the molecule is COc1cccc(CC2(C(=O)NCCCC(=O)O)CC[N+]2(Cc2cccc(Cl)c2)C(=O)c2csc3ccccc23)c1. The first-order chi connectivity index (χ1) is 19.8. The number of rotatable bonds is 11. The van der Waals surface area contributed by atoms with Crippen LogP contribution in [0.1, 0.15) is 40.7 Å². The van der Waals surface area contributed by atoms with Gasteiger partial charge in [-0.3, -0.25) is 9.59 Å². The normalized spacial score (nSPS) is 19.9. The summed E-state index contributed by atoms with van der Waals surface area (Å²) in [6.45, 7) is 0.968. The summed E-state index contributed by atoms with van der Waals surface area (Å²) in [5, 5.41) is 15.4. The number of thiophene rings is 1. The summed E-state index contributed by atoms with van der Waals surface area (Å²) < 4.78 is 6.36. The van der Waals surface area contributed by atoms with Crippen molar-refractivity contribution in [3.8, 4) is 5.75 Å². The van der Waals surface area contributed by atoms with Crippen LogP contribution in [-0.2, 0) is 22.6 Å². The van der Waals surface area contributed by atoms with E-state index in [0.29, 0.717) is 42.1 Å². The molecule has 0 saturated carbocycles. The number of quaternary nitrogens is 1. The molecular weight excluding hydrogens is 560 g/mol. The second-order valence-electron chi connectivity index (χ2n) is 10.5. The number of ether oxygens (including phenoxy) is 1. The summed E-state index contributed by atoms with van der Waals surface area (Å²) in [7, 11) is 1.60. The summed E-state index contributed by atoms with van der Waals surface area (Å²) in [5.74, 6) is -0.620. The van der Waals surface area contributed by atoms with Gasteiger partial charge in [-0.15, -0.1) is 11.3 Å². The number of carboxylic acid groups (broad SMARTS) is 1. The van der Waals surface area contributed by atoms with Gasteiger partial charge in [0.2, 0.25) is 0 Å². The molecule has 1 fully saturated rings. The minimum atomic E-state index is -1.13. The molecule has 1 saturated heterocycles. The molecule has 41 heavy (non-hydrogen) atoms. The Kier molecular flexibility index (Phi) is 8.45. The van der Waals surface area contributed by atoms with Crippen molar-refractivity contribution in [2.75, 3.05) is 20.2 Å². The maximum atomic E-state index is 14.8. The van der Waals surface area contributed by atoms with Crippen LogP contribution in [-0.4, -0.2) is 53.1 Å². The standard InChI is InChI=1S/C32H31ClN2O5S/c1-40-25-10-5-7-22(18-25)19-32(31(39)34-15-6-13-29(36)37)14-16-35(32,20-23-8-4-9-24(33)17-23)30(38)27-21-41-28-12-3-2-11-26(27)28/h2-5,7-12,17-18,21H,6,13-16,19-20H2,1H3,(H-,34,36,37,39)/p+1. The summed E-state index contributed by atoms with van der Waals surface area (Å²) >= 11 is 7.88. The predicted molar refractivity (Wildman–Crippen MR) is 160 cm³/mol. The zero-order valence-electron chi connectivity index (χ0n) is 22.8. The lowest BCUT2D eigenvalue weighted by molar-refractivity contribution is -0.946.